The van der Waals surface area contributed by atoms with Gasteiger partial charge in [-0.3, -0.25) is 4.79 Å². The number of carbonyl (C=O) groups is 1. The molecule has 0 atom stereocenters. The van der Waals surface area contributed by atoms with Crippen molar-refractivity contribution in [1.29, 1.82) is 0 Å². The highest BCUT2D eigenvalue weighted by molar-refractivity contribution is 6.00. The zero-order valence-electron chi connectivity index (χ0n) is 11.5. The van der Waals surface area contributed by atoms with Gasteiger partial charge in [0.05, 0.1) is 8.22 Å². The van der Waals surface area contributed by atoms with Crippen LogP contribution in [0.1, 0.15) is 8.22 Å². The van der Waals surface area contributed by atoms with Crippen LogP contribution in [0, 0.1) is 0 Å². The van der Waals surface area contributed by atoms with E-state index < -0.39 is 25.6 Å². The van der Waals surface area contributed by atoms with E-state index in [-0.39, 0.29) is 0 Å². The van der Waals surface area contributed by atoms with E-state index in [2.05, 4.69) is 9.47 Å². The third kappa shape index (κ3) is 1.56. The number of carbonyl (C=O) groups excluding carboxylic acids is 1. The van der Waals surface area contributed by atoms with E-state index in [4.69, 9.17) is 8.22 Å². The van der Waals surface area contributed by atoms with Crippen LogP contribution in [0.2, 0.25) is 0 Å². The molecule has 0 bridgehead atoms. The topological polar surface area (TPSA) is 35.5 Å². The van der Waals surface area contributed by atoms with Gasteiger partial charge in [0.15, 0.2) is 5.78 Å². The van der Waals surface area contributed by atoms with Crippen LogP contribution in [0.3, 0.4) is 0 Å². The van der Waals surface area contributed by atoms with Crippen LogP contribution < -0.4 is 0 Å². The second kappa shape index (κ2) is 2.98. The zero-order valence-corrected chi connectivity index (χ0v) is 5.53. The number of hydrogen-bond acceptors (Lipinski definition) is 3. The molecule has 0 radical (unpaired) electrons. The number of ether oxygens (including phenoxy) is 2. The van der Waals surface area contributed by atoms with Gasteiger partial charge in [-0.1, -0.05) is 0 Å². The summed E-state index contributed by atoms with van der Waals surface area (Å²) in [6, 6.07) is 0. The van der Waals surface area contributed by atoms with Crippen LogP contribution in [0.25, 0.3) is 0 Å². The van der Waals surface area contributed by atoms with E-state index in [1.54, 1.807) is 0 Å². The first kappa shape index (κ1) is 3.21. The molecule has 0 spiro atoms. The van der Waals surface area contributed by atoms with Gasteiger partial charge in [0.25, 0.3) is 0 Å². The number of hydrogen-bond donors (Lipinski definition) is 0. The molecule has 0 heterocycles. The summed E-state index contributed by atoms with van der Waals surface area (Å²) in [6.45, 7) is 0. The molecule has 3 nitrogen and oxygen atoms in total. The Balaban J connectivity index is 2.98. The van der Waals surface area contributed by atoms with Crippen molar-refractivity contribution in [2.45, 2.75) is 5.79 Å². The average Bonchev–Trinajstić information content (AvgIpc) is 2.04. The van der Waals surface area contributed by atoms with Crippen molar-refractivity contribution in [3.8, 4) is 0 Å². The van der Waals surface area contributed by atoms with Crippen LogP contribution in [0.5, 0.6) is 0 Å². The van der Waals surface area contributed by atoms with Crippen LogP contribution in [-0.4, -0.2) is 25.6 Å². The fourth-order valence-electron chi connectivity index (χ4n) is 0.665. The van der Waals surface area contributed by atoms with Gasteiger partial charge in [0.2, 0.25) is 5.79 Å². The maximum atomic E-state index is 10.9. The molecule has 0 aromatic rings. The van der Waals surface area contributed by atoms with Gasteiger partial charge in [0.1, 0.15) is 0 Å². The van der Waals surface area contributed by atoms with Gasteiger partial charge < -0.3 is 9.47 Å². The Morgan fingerprint density at radius 2 is 1.91 bits per heavy atom. The molecule has 0 aromatic heterocycles. The SMILES string of the molecule is [2H]C([2H])([2H])OC1(OC([2H])([2H])[2H])C=CC(=O)C=C1. The van der Waals surface area contributed by atoms with E-state index in [1.807, 2.05) is 0 Å². The molecule has 1 rings (SSSR count). The van der Waals surface area contributed by atoms with Gasteiger partial charge in [-0.25, -0.2) is 0 Å². The Morgan fingerprint density at radius 3 is 2.36 bits per heavy atom. The van der Waals surface area contributed by atoms with Crippen LogP contribution in [-0.2, 0) is 14.3 Å². The van der Waals surface area contributed by atoms with E-state index in [9.17, 15) is 4.79 Å². The number of methoxy groups -OCH3 is 2. The summed E-state index contributed by atoms with van der Waals surface area (Å²) in [5.41, 5.74) is 0. The molecule has 1 aliphatic rings. The lowest BCUT2D eigenvalue weighted by Gasteiger charge is -2.24. The molecular formula is C8H10O3. The molecular weight excluding hydrogens is 144 g/mol. The molecule has 0 amide bonds. The summed E-state index contributed by atoms with van der Waals surface area (Å²) in [5.74, 6) is -2.49. The summed E-state index contributed by atoms with van der Waals surface area (Å²) in [5, 5.41) is 0. The molecule has 0 aliphatic heterocycles. The van der Waals surface area contributed by atoms with Crippen molar-refractivity contribution >= 4 is 5.78 Å². The Hall–Kier alpha value is -0.930. The standard InChI is InChI=1S/C8H10O3/c1-10-8(11-2)5-3-7(9)4-6-8/h3-6H,1-2H3/i1D3,2D3. The second-order valence-electron chi connectivity index (χ2n) is 1.99. The van der Waals surface area contributed by atoms with Crippen molar-refractivity contribution < 1.29 is 22.5 Å². The van der Waals surface area contributed by atoms with Gasteiger partial charge in [-0.2, -0.15) is 0 Å². The highest BCUT2D eigenvalue weighted by Gasteiger charge is 2.24. The maximum Gasteiger partial charge on any atom is 0.208 e. The van der Waals surface area contributed by atoms with Gasteiger partial charge in [-0.15, -0.1) is 0 Å². The average molecular weight is 160 g/mol. The summed E-state index contributed by atoms with van der Waals surface area (Å²) in [7, 11) is -5.72. The largest absolute Gasteiger partial charge is 0.346 e. The molecule has 0 N–H and O–H groups in total. The van der Waals surface area contributed by atoms with Crippen LogP contribution >= 0.6 is 0 Å². The van der Waals surface area contributed by atoms with E-state index in [0.29, 0.717) is 0 Å². The van der Waals surface area contributed by atoms with Crippen molar-refractivity contribution in [3.05, 3.63) is 24.3 Å². The highest BCUT2D eigenvalue weighted by Crippen LogP contribution is 2.18. The summed E-state index contributed by atoms with van der Waals surface area (Å²) >= 11 is 0. The van der Waals surface area contributed by atoms with Crippen molar-refractivity contribution in [2.75, 3.05) is 14.1 Å². The van der Waals surface area contributed by atoms with Gasteiger partial charge >= 0.3 is 0 Å². The Morgan fingerprint density at radius 1 is 1.36 bits per heavy atom. The van der Waals surface area contributed by atoms with Gasteiger partial charge in [-0.05, 0) is 24.3 Å². The van der Waals surface area contributed by atoms with Gasteiger partial charge in [0, 0.05) is 14.1 Å². The Bertz CT molecular complexity index is 330. The normalized spacial score (nSPS) is 31.1. The van der Waals surface area contributed by atoms with Crippen LogP contribution in [0.15, 0.2) is 24.3 Å². The molecule has 0 unspecified atom stereocenters. The first-order chi connectivity index (χ1) is 7.52. The van der Waals surface area contributed by atoms with Crippen LogP contribution in [0.4, 0.5) is 0 Å². The lowest BCUT2D eigenvalue weighted by atomic mass is 10.1. The fourth-order valence-corrected chi connectivity index (χ4v) is 0.665. The number of ketones is 1. The quantitative estimate of drug-likeness (QED) is 0.557. The first-order valence-corrected chi connectivity index (χ1v) is 2.84. The van der Waals surface area contributed by atoms with E-state index in [1.165, 1.54) is 0 Å². The fraction of sp³-hybridized carbons (Fsp3) is 0.375. The molecule has 0 saturated heterocycles. The summed E-state index contributed by atoms with van der Waals surface area (Å²) in [4.78, 5) is 10.9. The molecule has 0 aromatic carbocycles. The summed E-state index contributed by atoms with van der Waals surface area (Å²) < 4.78 is 50.8. The lowest BCUT2D eigenvalue weighted by molar-refractivity contribution is -0.136. The third-order valence-electron chi connectivity index (χ3n) is 1.28. The monoisotopic (exact) mass is 160 g/mol. The Labute approximate surface area is 73.7 Å². The minimum absolute atomic E-state index is 0.413. The number of allylic oxidation sites excluding steroid dienone is 2. The first-order valence-electron chi connectivity index (χ1n) is 5.84. The number of rotatable bonds is 2. The zero-order chi connectivity index (χ0) is 13.3. The second-order valence-corrected chi connectivity index (χ2v) is 1.99. The van der Waals surface area contributed by atoms with E-state index >= 15 is 0 Å². The predicted molar refractivity (Wildman–Crippen MR) is 40.0 cm³/mol. The predicted octanol–water partition coefficient (Wildman–Crippen LogP) is 0.671. The Kier molecular flexibility index (Phi) is 0.870. The lowest BCUT2D eigenvalue weighted by Crippen LogP contribution is -2.30. The highest BCUT2D eigenvalue weighted by atomic mass is 16.7. The van der Waals surface area contributed by atoms with Crippen molar-refractivity contribution in [3.63, 3.8) is 0 Å². The molecule has 3 heteroatoms. The third-order valence-corrected chi connectivity index (χ3v) is 1.28. The minimum atomic E-state index is -2.86. The maximum absolute atomic E-state index is 10.9. The molecule has 11 heavy (non-hydrogen) atoms. The molecule has 0 saturated carbocycles. The molecule has 0 fully saturated rings. The van der Waals surface area contributed by atoms with E-state index in [0.717, 1.165) is 24.3 Å². The van der Waals surface area contributed by atoms with Crippen molar-refractivity contribution in [2.24, 2.45) is 0 Å². The summed E-state index contributed by atoms with van der Waals surface area (Å²) in [6.07, 6.45) is 3.87. The minimum Gasteiger partial charge on any atom is -0.346 e. The smallest absolute Gasteiger partial charge is 0.208 e. The molecule has 60 valence electrons. The van der Waals surface area contributed by atoms with Crippen molar-refractivity contribution in [1.82, 2.24) is 0 Å². The molecule has 1 aliphatic carbocycles.